The maximum Gasteiger partial charge on any atom is 0.335 e. The van der Waals surface area contributed by atoms with E-state index in [4.69, 9.17) is 9.84 Å². The Labute approximate surface area is 83.1 Å². The first-order valence-corrected chi connectivity index (χ1v) is 3.11. The fourth-order valence-electron chi connectivity index (χ4n) is 0.756. The number of hydrogen-bond acceptors (Lipinski definition) is 2. The zero-order valence-electron chi connectivity index (χ0n) is 6.78. The summed E-state index contributed by atoms with van der Waals surface area (Å²) >= 11 is 0. The van der Waals surface area contributed by atoms with Crippen LogP contribution in [0.1, 0.15) is 10.4 Å². The molecule has 0 saturated carbocycles. The maximum absolute atomic E-state index is 10.4. The van der Waals surface area contributed by atoms with Crippen molar-refractivity contribution in [3.63, 3.8) is 0 Å². The summed E-state index contributed by atoms with van der Waals surface area (Å²) in [6.07, 6.45) is 0. The number of methoxy groups -OCH3 is 1. The molecule has 1 N–H and O–H groups in total. The van der Waals surface area contributed by atoms with Crippen molar-refractivity contribution in [3.05, 3.63) is 29.8 Å². The minimum Gasteiger partial charge on any atom is -0.497 e. The fourth-order valence-corrected chi connectivity index (χ4v) is 0.756. The van der Waals surface area contributed by atoms with Crippen molar-refractivity contribution >= 4 is 5.97 Å². The molecule has 1 rings (SSSR count). The van der Waals surface area contributed by atoms with E-state index in [-0.39, 0.29) is 25.0 Å². The monoisotopic (exact) mass is 216 g/mol. The third-order valence-corrected chi connectivity index (χ3v) is 1.32. The van der Waals surface area contributed by atoms with Crippen LogP contribution in [-0.4, -0.2) is 18.2 Å². The van der Waals surface area contributed by atoms with Crippen LogP contribution in [0.15, 0.2) is 24.3 Å². The maximum atomic E-state index is 10.4. The third-order valence-electron chi connectivity index (χ3n) is 1.32. The molecule has 0 spiro atoms. The van der Waals surface area contributed by atoms with E-state index in [0.29, 0.717) is 5.75 Å². The van der Waals surface area contributed by atoms with Gasteiger partial charge in [0.05, 0.1) is 12.7 Å². The first-order chi connectivity index (χ1) is 5.24. The Morgan fingerprint density at radius 1 is 1.50 bits per heavy atom. The molecular weight excluding hydrogens is 209 g/mol. The van der Waals surface area contributed by atoms with Gasteiger partial charge in [0.1, 0.15) is 5.75 Å². The van der Waals surface area contributed by atoms with Crippen LogP contribution in [0.2, 0.25) is 0 Å². The van der Waals surface area contributed by atoms with E-state index in [1.807, 2.05) is 0 Å². The Hall–Kier alpha value is -0.887. The molecule has 0 atom stereocenters. The van der Waals surface area contributed by atoms with Crippen LogP contribution in [0.4, 0.5) is 0 Å². The number of benzene rings is 1. The third kappa shape index (κ3) is 2.63. The molecule has 0 aliphatic heterocycles. The van der Waals surface area contributed by atoms with Crippen molar-refractivity contribution in [2.75, 3.05) is 7.11 Å². The number of carbonyl (C=O) groups is 1. The van der Waals surface area contributed by atoms with Crippen LogP contribution in [-0.2, 0) is 19.5 Å². The van der Waals surface area contributed by atoms with Crippen molar-refractivity contribution in [1.82, 2.24) is 0 Å². The van der Waals surface area contributed by atoms with Gasteiger partial charge in [0, 0.05) is 19.5 Å². The van der Waals surface area contributed by atoms with E-state index in [0.717, 1.165) is 0 Å². The molecule has 0 fully saturated rings. The molecule has 12 heavy (non-hydrogen) atoms. The van der Waals surface area contributed by atoms with Crippen LogP contribution in [0.25, 0.3) is 0 Å². The Balaban J connectivity index is 0.00000121. The topological polar surface area (TPSA) is 46.5 Å². The second-order valence-corrected chi connectivity index (χ2v) is 2.04. The van der Waals surface area contributed by atoms with Crippen LogP contribution in [0, 0.1) is 0 Å². The van der Waals surface area contributed by atoms with Crippen molar-refractivity contribution < 1.29 is 34.1 Å². The van der Waals surface area contributed by atoms with Crippen molar-refractivity contribution in [2.45, 2.75) is 0 Å². The fraction of sp³-hybridized carbons (Fsp3) is 0.125. The Morgan fingerprint density at radius 2 is 2.17 bits per heavy atom. The molecule has 1 aromatic rings. The normalized spacial score (nSPS) is 8.42. The first kappa shape index (κ1) is 11.1. The second kappa shape index (κ2) is 4.88. The molecule has 0 aliphatic rings. The van der Waals surface area contributed by atoms with Crippen molar-refractivity contribution in [1.29, 1.82) is 0 Å². The van der Waals surface area contributed by atoms with E-state index in [2.05, 4.69) is 0 Å². The Kier molecular flexibility index (Phi) is 4.52. The van der Waals surface area contributed by atoms with Crippen molar-refractivity contribution in [3.8, 4) is 5.75 Å². The summed E-state index contributed by atoms with van der Waals surface area (Å²) in [4.78, 5) is 10.4. The number of carboxylic acid groups (broad SMARTS) is 1. The number of rotatable bonds is 2. The standard InChI is InChI=1S/C8H8O3.Zn/c1-11-7-4-2-3-6(5-7)8(9)10;/h2-5H,1H3,(H,9,10);. The first-order valence-electron chi connectivity index (χ1n) is 3.11. The molecule has 60 valence electrons. The molecule has 3 nitrogen and oxygen atoms in total. The number of carboxylic acids is 1. The van der Waals surface area contributed by atoms with Crippen molar-refractivity contribution in [2.24, 2.45) is 0 Å². The quantitative estimate of drug-likeness (QED) is 0.762. The van der Waals surface area contributed by atoms with Gasteiger partial charge >= 0.3 is 5.97 Å². The SMILES string of the molecule is COc1cccc(C(=O)O)c1.[Zn]. The molecule has 0 aromatic heterocycles. The van der Waals surface area contributed by atoms with E-state index in [1.165, 1.54) is 19.2 Å². The molecule has 0 unspecified atom stereocenters. The average Bonchev–Trinajstić information content (AvgIpc) is 2.05. The van der Waals surface area contributed by atoms with E-state index >= 15 is 0 Å². The minimum atomic E-state index is -0.941. The van der Waals surface area contributed by atoms with Gasteiger partial charge in [0.2, 0.25) is 0 Å². The summed E-state index contributed by atoms with van der Waals surface area (Å²) in [5.41, 5.74) is 0.240. The van der Waals surface area contributed by atoms with Gasteiger partial charge in [-0.05, 0) is 18.2 Å². The molecule has 0 radical (unpaired) electrons. The molecule has 1 aromatic carbocycles. The number of ether oxygens (including phenoxy) is 1. The molecule has 0 heterocycles. The summed E-state index contributed by atoms with van der Waals surface area (Å²) in [5.74, 6) is -0.381. The molecule has 0 saturated heterocycles. The molecule has 0 amide bonds. The zero-order chi connectivity index (χ0) is 8.27. The van der Waals surface area contributed by atoms with E-state index < -0.39 is 5.97 Å². The minimum absolute atomic E-state index is 0. The smallest absolute Gasteiger partial charge is 0.335 e. The van der Waals surface area contributed by atoms with Crippen LogP contribution in [0.3, 0.4) is 0 Å². The predicted molar refractivity (Wildman–Crippen MR) is 40.0 cm³/mol. The van der Waals surface area contributed by atoms with Gasteiger partial charge in [0.25, 0.3) is 0 Å². The van der Waals surface area contributed by atoms with Crippen LogP contribution >= 0.6 is 0 Å². The van der Waals surface area contributed by atoms with Gasteiger partial charge in [0.15, 0.2) is 0 Å². The Morgan fingerprint density at radius 3 is 2.67 bits per heavy atom. The molecule has 0 aliphatic carbocycles. The van der Waals surface area contributed by atoms with Crippen LogP contribution in [0.5, 0.6) is 5.75 Å². The van der Waals surface area contributed by atoms with E-state index in [9.17, 15) is 4.79 Å². The summed E-state index contributed by atoms with van der Waals surface area (Å²) < 4.78 is 4.84. The van der Waals surface area contributed by atoms with E-state index in [1.54, 1.807) is 12.1 Å². The second-order valence-electron chi connectivity index (χ2n) is 2.04. The van der Waals surface area contributed by atoms with Gasteiger partial charge in [-0.25, -0.2) is 4.79 Å². The predicted octanol–water partition coefficient (Wildman–Crippen LogP) is 1.39. The summed E-state index contributed by atoms with van der Waals surface area (Å²) in [6, 6.07) is 6.34. The van der Waals surface area contributed by atoms with Gasteiger partial charge in [-0.3, -0.25) is 0 Å². The van der Waals surface area contributed by atoms with Gasteiger partial charge in [-0.15, -0.1) is 0 Å². The summed E-state index contributed by atoms with van der Waals surface area (Å²) in [5, 5.41) is 8.55. The molecule has 0 bridgehead atoms. The van der Waals surface area contributed by atoms with Gasteiger partial charge in [-0.2, -0.15) is 0 Å². The average molecular weight is 218 g/mol. The summed E-state index contributed by atoms with van der Waals surface area (Å²) in [6.45, 7) is 0. The van der Waals surface area contributed by atoms with Gasteiger partial charge < -0.3 is 9.84 Å². The van der Waals surface area contributed by atoms with Crippen LogP contribution < -0.4 is 4.74 Å². The largest absolute Gasteiger partial charge is 0.497 e. The summed E-state index contributed by atoms with van der Waals surface area (Å²) in [7, 11) is 1.50. The Bertz CT molecular complexity index is 273. The molecule has 4 heteroatoms. The molecular formula is C8H8O3Zn. The number of hydrogen-bond donors (Lipinski definition) is 1. The zero-order valence-corrected chi connectivity index (χ0v) is 9.75. The number of aromatic carboxylic acids is 1. The van der Waals surface area contributed by atoms with Gasteiger partial charge in [-0.1, -0.05) is 6.07 Å².